The molecule has 36 heavy (non-hydrogen) atoms. The van der Waals surface area contributed by atoms with Crippen molar-refractivity contribution in [1.29, 1.82) is 0 Å². The number of β-amino-alcohol motifs (C(OH)–C–C–N with tert-alkyl or cyclic N) is 1. The number of aliphatic hydroxyl groups is 1. The number of pyridine rings is 1. The Morgan fingerprint density at radius 2 is 2.11 bits per heavy atom. The molecule has 2 aliphatic rings. The average molecular weight is 496 g/mol. The van der Waals surface area contributed by atoms with Gasteiger partial charge in [-0.05, 0) is 24.3 Å². The molecule has 1 unspecified atom stereocenters. The third kappa shape index (κ3) is 4.96. The summed E-state index contributed by atoms with van der Waals surface area (Å²) in [6, 6.07) is 6.81. The molecule has 1 saturated heterocycles. The van der Waals surface area contributed by atoms with Crippen molar-refractivity contribution in [3.63, 3.8) is 0 Å². The molecule has 0 bridgehead atoms. The van der Waals surface area contributed by atoms with Crippen molar-refractivity contribution in [1.82, 2.24) is 19.4 Å². The van der Waals surface area contributed by atoms with Crippen molar-refractivity contribution in [3.8, 4) is 11.5 Å². The first-order valence-electron chi connectivity index (χ1n) is 11.8. The topological polar surface area (TPSA) is 149 Å². The monoisotopic (exact) mass is 495 g/mol. The van der Waals surface area contributed by atoms with Gasteiger partial charge in [-0.2, -0.15) is 4.99 Å². The first-order valence-corrected chi connectivity index (χ1v) is 11.8. The Labute approximate surface area is 207 Å². The summed E-state index contributed by atoms with van der Waals surface area (Å²) in [6.07, 6.45) is 0.713. The smallest absolute Gasteiger partial charge is 0.281 e. The zero-order valence-corrected chi connectivity index (χ0v) is 20.0. The zero-order chi connectivity index (χ0) is 25.1. The highest BCUT2D eigenvalue weighted by Crippen LogP contribution is 2.37. The van der Waals surface area contributed by atoms with Gasteiger partial charge < -0.3 is 30.4 Å². The largest absolute Gasteiger partial charge is 0.491 e. The number of hydrogen-bond acceptors (Lipinski definition) is 10. The summed E-state index contributed by atoms with van der Waals surface area (Å²) in [5, 5.41) is 14.6. The molecule has 4 N–H and O–H groups in total. The normalized spacial score (nSPS) is 17.0. The van der Waals surface area contributed by atoms with E-state index in [1.165, 1.54) is 13.3 Å². The number of nitrogens with one attached hydrogen (secondary N) is 1. The van der Waals surface area contributed by atoms with Gasteiger partial charge >= 0.3 is 0 Å². The first-order chi connectivity index (χ1) is 17.5. The maximum absolute atomic E-state index is 12.8. The Morgan fingerprint density at radius 3 is 2.86 bits per heavy atom. The number of hydrogen-bond donors (Lipinski definition) is 3. The van der Waals surface area contributed by atoms with Gasteiger partial charge in [-0.1, -0.05) is 0 Å². The molecule has 0 spiro atoms. The van der Waals surface area contributed by atoms with Crippen LogP contribution in [0.3, 0.4) is 0 Å². The van der Waals surface area contributed by atoms with Crippen LogP contribution in [0.15, 0.2) is 35.5 Å². The van der Waals surface area contributed by atoms with Crippen molar-refractivity contribution in [2.45, 2.75) is 12.6 Å². The van der Waals surface area contributed by atoms with Gasteiger partial charge in [0.2, 0.25) is 5.62 Å². The van der Waals surface area contributed by atoms with Crippen LogP contribution >= 0.6 is 0 Å². The van der Waals surface area contributed by atoms with E-state index in [1.807, 2.05) is 10.6 Å². The maximum atomic E-state index is 12.8. The number of aliphatic hydroxyl groups excluding tert-OH is 1. The number of morpholine rings is 1. The fourth-order valence-electron chi connectivity index (χ4n) is 4.35. The van der Waals surface area contributed by atoms with E-state index in [0.29, 0.717) is 61.2 Å². The van der Waals surface area contributed by atoms with E-state index >= 15 is 0 Å². The highest BCUT2D eigenvalue weighted by Gasteiger charge is 2.22. The van der Waals surface area contributed by atoms with E-state index in [2.05, 4.69) is 25.2 Å². The molecule has 1 atom stereocenters. The fraction of sp³-hybridized carbons (Fsp3) is 0.417. The van der Waals surface area contributed by atoms with Gasteiger partial charge in [0.05, 0.1) is 25.9 Å². The number of ether oxygens (including phenoxy) is 3. The lowest BCUT2D eigenvalue weighted by atomic mass is 10.2. The van der Waals surface area contributed by atoms with Gasteiger partial charge in [-0.3, -0.25) is 14.3 Å². The van der Waals surface area contributed by atoms with Crippen LogP contribution in [0.4, 0.5) is 11.6 Å². The van der Waals surface area contributed by atoms with E-state index in [4.69, 9.17) is 19.9 Å². The van der Waals surface area contributed by atoms with E-state index in [1.54, 1.807) is 18.2 Å². The van der Waals surface area contributed by atoms with Gasteiger partial charge in [0, 0.05) is 44.3 Å². The number of nitrogens with zero attached hydrogens (tertiary/aromatic N) is 5. The van der Waals surface area contributed by atoms with Crippen LogP contribution in [-0.4, -0.2) is 89.7 Å². The number of aromatic nitrogens is 3. The van der Waals surface area contributed by atoms with Crippen LogP contribution in [0.5, 0.6) is 11.5 Å². The van der Waals surface area contributed by atoms with E-state index in [0.717, 1.165) is 24.3 Å². The van der Waals surface area contributed by atoms with Crippen LogP contribution < -0.4 is 26.1 Å². The van der Waals surface area contributed by atoms with Crippen LogP contribution in [0.2, 0.25) is 0 Å². The van der Waals surface area contributed by atoms with Crippen LogP contribution in [0, 0.1) is 0 Å². The molecular weight excluding hydrogens is 466 g/mol. The van der Waals surface area contributed by atoms with Gasteiger partial charge in [-0.25, -0.2) is 9.97 Å². The second-order valence-electron chi connectivity index (χ2n) is 8.60. The summed E-state index contributed by atoms with van der Waals surface area (Å²) in [5.41, 5.74) is 6.68. The number of nitrogen functional groups attached to an aromatic ring is 1. The lowest BCUT2D eigenvalue weighted by Crippen LogP contribution is -2.42. The summed E-state index contributed by atoms with van der Waals surface area (Å²) in [7, 11) is 1.53. The molecule has 12 heteroatoms. The lowest BCUT2D eigenvalue weighted by Gasteiger charge is -2.28. The predicted molar refractivity (Wildman–Crippen MR) is 132 cm³/mol. The molecule has 3 aromatic rings. The minimum atomic E-state index is -0.676. The molecule has 1 aromatic carbocycles. The minimum Gasteiger partial charge on any atom is -0.491 e. The first kappa shape index (κ1) is 24.0. The summed E-state index contributed by atoms with van der Waals surface area (Å²) in [6.45, 7) is 4.78. The quantitative estimate of drug-likeness (QED) is 0.417. The van der Waals surface area contributed by atoms with Crippen molar-refractivity contribution in [2.75, 3.05) is 64.2 Å². The Morgan fingerprint density at radius 1 is 1.28 bits per heavy atom. The molecular formula is C24H29N7O5. The van der Waals surface area contributed by atoms with Crippen LogP contribution in [0.25, 0.3) is 10.9 Å². The number of fused-ring (bicyclic) bond motifs is 3. The van der Waals surface area contributed by atoms with Crippen LogP contribution in [-0.2, 0) is 11.3 Å². The van der Waals surface area contributed by atoms with Crippen molar-refractivity contribution in [3.05, 3.63) is 41.6 Å². The Balaban J connectivity index is 1.46. The van der Waals surface area contributed by atoms with E-state index in [-0.39, 0.29) is 12.2 Å². The summed E-state index contributed by atoms with van der Waals surface area (Å²) < 4.78 is 18.8. The fourth-order valence-corrected chi connectivity index (χ4v) is 4.35. The Hall–Kier alpha value is -3.74. The number of carbonyl (C=O) groups excluding carboxylic acids is 1. The molecule has 1 amide bonds. The standard InChI is InChI=1S/C24H29N7O5/c1-34-21-18(36-14-16(32)13-30-8-10-35-11-9-30)4-3-17-20(21)28-24(31-7-6-26-22(17)31)29-23(33)15-2-5-19(25)27-12-15/h2-5,12,16,26,32H,6-11,13-14H2,1H3,(H2,25,27). The molecule has 0 radical (unpaired) electrons. The molecule has 5 rings (SSSR count). The second kappa shape index (κ2) is 10.5. The number of methoxy groups -OCH3 is 1. The van der Waals surface area contributed by atoms with Crippen molar-refractivity contribution >= 4 is 28.4 Å². The molecule has 0 saturated carbocycles. The molecule has 0 aliphatic carbocycles. The van der Waals surface area contributed by atoms with Gasteiger partial charge in [0.1, 0.15) is 29.9 Å². The molecule has 190 valence electrons. The summed E-state index contributed by atoms with van der Waals surface area (Å²) in [5.74, 6) is 1.48. The average Bonchev–Trinajstić information content (AvgIpc) is 3.39. The minimum absolute atomic E-state index is 0.0943. The number of nitrogens with two attached hydrogens (primary N) is 1. The van der Waals surface area contributed by atoms with Crippen molar-refractivity contribution < 1.29 is 24.1 Å². The third-order valence-electron chi connectivity index (χ3n) is 6.14. The number of benzene rings is 1. The molecule has 2 aromatic heterocycles. The number of anilines is 2. The highest BCUT2D eigenvalue weighted by molar-refractivity contribution is 5.96. The number of rotatable bonds is 7. The predicted octanol–water partition coefficient (Wildman–Crippen LogP) is 0.261. The number of carbonyl (C=O) groups is 1. The SMILES string of the molecule is COc1c(OCC(O)CN2CCOCC2)ccc2c3n(c(=NC(=O)c4ccc(N)nc4)nc12)CCN3. The van der Waals surface area contributed by atoms with Gasteiger partial charge in [-0.15, -0.1) is 0 Å². The second-order valence-corrected chi connectivity index (χ2v) is 8.60. The van der Waals surface area contributed by atoms with Crippen LogP contribution in [0.1, 0.15) is 10.4 Å². The van der Waals surface area contributed by atoms with E-state index in [9.17, 15) is 9.90 Å². The Bertz CT molecular complexity index is 1320. The zero-order valence-electron chi connectivity index (χ0n) is 20.0. The van der Waals surface area contributed by atoms with Gasteiger partial charge in [0.15, 0.2) is 11.5 Å². The summed E-state index contributed by atoms with van der Waals surface area (Å²) in [4.78, 5) is 27.9. The molecule has 1 fully saturated rings. The lowest BCUT2D eigenvalue weighted by molar-refractivity contribution is 0.00447. The highest BCUT2D eigenvalue weighted by atomic mass is 16.5. The maximum Gasteiger partial charge on any atom is 0.281 e. The third-order valence-corrected chi connectivity index (χ3v) is 6.14. The Kier molecular flexibility index (Phi) is 6.98. The molecule has 2 aliphatic heterocycles. The van der Waals surface area contributed by atoms with Crippen molar-refractivity contribution in [2.24, 2.45) is 4.99 Å². The molecule has 12 nitrogen and oxygen atoms in total. The van der Waals surface area contributed by atoms with Gasteiger partial charge in [0.25, 0.3) is 5.91 Å². The summed E-state index contributed by atoms with van der Waals surface area (Å²) >= 11 is 0. The van der Waals surface area contributed by atoms with E-state index < -0.39 is 12.0 Å². The molecule has 4 heterocycles. The number of amides is 1.